The van der Waals surface area contributed by atoms with Gasteiger partial charge in [0, 0.05) is 30.1 Å². The maximum atomic E-state index is 9.56. The van der Waals surface area contributed by atoms with Gasteiger partial charge in [0.1, 0.15) is 0 Å². The first kappa shape index (κ1) is 14.9. The van der Waals surface area contributed by atoms with Crippen LogP contribution < -0.4 is 0 Å². The third-order valence-electron chi connectivity index (χ3n) is 3.66. The predicted octanol–water partition coefficient (Wildman–Crippen LogP) is 3.08. The molecule has 1 aromatic rings. The lowest BCUT2D eigenvalue weighted by Crippen LogP contribution is -2.31. The highest BCUT2D eigenvalue weighted by Crippen LogP contribution is 2.26. The Morgan fingerprint density at radius 2 is 2.26 bits per heavy atom. The van der Waals surface area contributed by atoms with Gasteiger partial charge in [-0.1, -0.05) is 13.8 Å². The molecule has 0 spiro atoms. The first-order valence-electron chi connectivity index (χ1n) is 7.40. The first-order chi connectivity index (χ1) is 9.04. The molecule has 0 aromatic carbocycles. The van der Waals surface area contributed by atoms with Crippen molar-refractivity contribution in [2.45, 2.75) is 65.1 Å². The van der Waals surface area contributed by atoms with Crippen molar-refractivity contribution in [3.63, 3.8) is 0 Å². The molecule has 2 heterocycles. The van der Waals surface area contributed by atoms with Crippen LogP contribution in [-0.4, -0.2) is 33.7 Å². The number of hydrogen-bond donors (Lipinski definition) is 1. The van der Waals surface area contributed by atoms with Crippen molar-refractivity contribution >= 4 is 11.3 Å². The fourth-order valence-corrected chi connectivity index (χ4v) is 3.99. The van der Waals surface area contributed by atoms with Gasteiger partial charge in [-0.05, 0) is 38.6 Å². The van der Waals surface area contributed by atoms with E-state index in [1.54, 1.807) is 0 Å². The Morgan fingerprint density at radius 3 is 2.95 bits per heavy atom. The van der Waals surface area contributed by atoms with E-state index in [0.29, 0.717) is 12.0 Å². The summed E-state index contributed by atoms with van der Waals surface area (Å²) in [5.41, 5.74) is 0. The van der Waals surface area contributed by atoms with Crippen LogP contribution in [0.25, 0.3) is 0 Å². The molecule has 0 radical (unpaired) electrons. The molecule has 1 aliphatic heterocycles. The number of likely N-dealkylation sites (tertiary alicyclic amines) is 1. The van der Waals surface area contributed by atoms with Crippen LogP contribution in [0.2, 0.25) is 0 Å². The van der Waals surface area contributed by atoms with E-state index in [1.165, 1.54) is 22.7 Å². The van der Waals surface area contributed by atoms with Crippen LogP contribution in [-0.2, 0) is 13.0 Å². The van der Waals surface area contributed by atoms with E-state index in [4.69, 9.17) is 0 Å². The van der Waals surface area contributed by atoms with E-state index < -0.39 is 0 Å². The van der Waals surface area contributed by atoms with Crippen molar-refractivity contribution in [3.8, 4) is 0 Å². The number of aromatic nitrogens is 1. The highest BCUT2D eigenvalue weighted by atomic mass is 32.1. The second-order valence-corrected chi connectivity index (χ2v) is 7.37. The highest BCUT2D eigenvalue weighted by molar-refractivity contribution is 7.11. The van der Waals surface area contributed by atoms with Crippen molar-refractivity contribution in [1.82, 2.24) is 9.88 Å². The maximum absolute atomic E-state index is 9.56. The zero-order valence-electron chi connectivity index (χ0n) is 12.3. The fraction of sp³-hybridized carbons (Fsp3) is 0.800. The van der Waals surface area contributed by atoms with Crippen LogP contribution in [0.15, 0.2) is 6.20 Å². The lowest BCUT2D eigenvalue weighted by Gasteiger charge is -2.24. The Labute approximate surface area is 120 Å². The third-order valence-corrected chi connectivity index (χ3v) is 4.66. The zero-order chi connectivity index (χ0) is 13.8. The lowest BCUT2D eigenvalue weighted by atomic mass is 10.1. The van der Waals surface area contributed by atoms with Crippen molar-refractivity contribution in [1.29, 1.82) is 0 Å². The summed E-state index contributed by atoms with van der Waals surface area (Å²) < 4.78 is 0. The smallest absolute Gasteiger partial charge is 0.0930 e. The number of hydrogen-bond acceptors (Lipinski definition) is 4. The minimum absolute atomic E-state index is 0.191. The Balaban J connectivity index is 1.90. The molecular weight excluding hydrogens is 256 g/mol. The van der Waals surface area contributed by atoms with Crippen molar-refractivity contribution in [2.75, 3.05) is 6.54 Å². The molecule has 4 heteroatoms. The largest absolute Gasteiger partial charge is 0.393 e. The molecule has 1 aromatic heterocycles. The van der Waals surface area contributed by atoms with Crippen LogP contribution in [0, 0.1) is 5.92 Å². The average molecular weight is 282 g/mol. The molecule has 2 unspecified atom stereocenters. The van der Waals surface area contributed by atoms with Gasteiger partial charge >= 0.3 is 0 Å². The summed E-state index contributed by atoms with van der Waals surface area (Å²) in [7, 11) is 0. The number of aliphatic hydroxyl groups excluding tert-OH is 1. The van der Waals surface area contributed by atoms with Gasteiger partial charge in [0.2, 0.25) is 0 Å². The quantitative estimate of drug-likeness (QED) is 0.871. The van der Waals surface area contributed by atoms with Gasteiger partial charge < -0.3 is 5.11 Å². The standard InChI is InChI=1S/C15H26N2OS/c1-11(2)7-15-16-9-14(19-15)10-17-6-4-5-13(17)8-12(3)18/h9,11-13,18H,4-8,10H2,1-3H3. The molecule has 0 bridgehead atoms. The van der Waals surface area contributed by atoms with Gasteiger partial charge in [0.15, 0.2) is 0 Å². The SMILES string of the molecule is CC(C)Cc1ncc(CN2CCCC2CC(C)O)s1. The lowest BCUT2D eigenvalue weighted by molar-refractivity contribution is 0.131. The topological polar surface area (TPSA) is 36.4 Å². The van der Waals surface area contributed by atoms with Gasteiger partial charge in [-0.25, -0.2) is 4.98 Å². The fourth-order valence-electron chi connectivity index (χ4n) is 2.83. The minimum Gasteiger partial charge on any atom is -0.393 e. The molecule has 2 atom stereocenters. The van der Waals surface area contributed by atoms with Crippen molar-refractivity contribution in [3.05, 3.63) is 16.1 Å². The first-order valence-corrected chi connectivity index (χ1v) is 8.22. The molecule has 1 fully saturated rings. The maximum Gasteiger partial charge on any atom is 0.0930 e. The van der Waals surface area contributed by atoms with Gasteiger partial charge in [-0.15, -0.1) is 11.3 Å². The molecule has 1 N–H and O–H groups in total. The molecule has 108 valence electrons. The summed E-state index contributed by atoms with van der Waals surface area (Å²) in [4.78, 5) is 8.41. The summed E-state index contributed by atoms with van der Waals surface area (Å²) in [6.07, 6.45) is 6.32. The molecule has 0 amide bonds. The summed E-state index contributed by atoms with van der Waals surface area (Å²) in [5.74, 6) is 0.675. The predicted molar refractivity (Wildman–Crippen MR) is 80.4 cm³/mol. The Morgan fingerprint density at radius 1 is 1.47 bits per heavy atom. The summed E-state index contributed by atoms with van der Waals surface area (Å²) in [6.45, 7) is 8.53. The number of aliphatic hydroxyl groups is 1. The van der Waals surface area contributed by atoms with Gasteiger partial charge in [-0.2, -0.15) is 0 Å². The molecule has 1 aliphatic rings. The third kappa shape index (κ3) is 4.55. The minimum atomic E-state index is -0.191. The number of nitrogens with zero attached hydrogens (tertiary/aromatic N) is 2. The Kier molecular flexibility index (Phi) is 5.37. The summed E-state index contributed by atoms with van der Waals surface area (Å²) in [6, 6.07) is 0.552. The molecule has 19 heavy (non-hydrogen) atoms. The second kappa shape index (κ2) is 6.82. The summed E-state index contributed by atoms with van der Waals surface area (Å²) >= 11 is 1.85. The Bertz CT molecular complexity index is 389. The zero-order valence-corrected chi connectivity index (χ0v) is 13.1. The van der Waals surface area contributed by atoms with Crippen molar-refractivity contribution < 1.29 is 5.11 Å². The van der Waals surface area contributed by atoms with E-state index in [-0.39, 0.29) is 6.10 Å². The van der Waals surface area contributed by atoms with Crippen molar-refractivity contribution in [2.24, 2.45) is 5.92 Å². The number of thiazole rings is 1. The van der Waals surface area contributed by atoms with Gasteiger partial charge in [-0.3, -0.25) is 4.90 Å². The van der Waals surface area contributed by atoms with Crippen LogP contribution >= 0.6 is 11.3 Å². The van der Waals surface area contributed by atoms with E-state index in [0.717, 1.165) is 25.9 Å². The van der Waals surface area contributed by atoms with E-state index in [2.05, 4.69) is 23.7 Å². The van der Waals surface area contributed by atoms with Gasteiger partial charge in [0.05, 0.1) is 11.1 Å². The van der Waals surface area contributed by atoms with Crippen LogP contribution in [0.4, 0.5) is 0 Å². The molecule has 3 nitrogen and oxygen atoms in total. The number of rotatable bonds is 6. The molecule has 2 rings (SSSR count). The van der Waals surface area contributed by atoms with Crippen LogP contribution in [0.3, 0.4) is 0 Å². The van der Waals surface area contributed by atoms with Crippen LogP contribution in [0.1, 0.15) is 49.9 Å². The highest BCUT2D eigenvalue weighted by Gasteiger charge is 2.26. The van der Waals surface area contributed by atoms with E-state index in [9.17, 15) is 5.11 Å². The molecule has 0 aliphatic carbocycles. The monoisotopic (exact) mass is 282 g/mol. The van der Waals surface area contributed by atoms with E-state index in [1.807, 2.05) is 24.5 Å². The Hall–Kier alpha value is -0.450. The van der Waals surface area contributed by atoms with Crippen LogP contribution in [0.5, 0.6) is 0 Å². The normalized spacial score (nSPS) is 22.3. The van der Waals surface area contributed by atoms with E-state index >= 15 is 0 Å². The molecular formula is C15H26N2OS. The molecule has 1 saturated heterocycles. The second-order valence-electron chi connectivity index (χ2n) is 6.17. The molecule has 0 saturated carbocycles. The van der Waals surface area contributed by atoms with Gasteiger partial charge in [0.25, 0.3) is 0 Å². The summed E-state index contributed by atoms with van der Waals surface area (Å²) in [5, 5.41) is 10.8. The average Bonchev–Trinajstić information content (AvgIpc) is 2.89.